The fourth-order valence-electron chi connectivity index (χ4n) is 4.32. The van der Waals surface area contributed by atoms with E-state index in [2.05, 4.69) is 31.1 Å². The van der Waals surface area contributed by atoms with E-state index < -0.39 is 17.6 Å². The third-order valence-electron chi connectivity index (χ3n) is 6.45. The number of rotatable bonds is 6. The van der Waals surface area contributed by atoms with Gasteiger partial charge in [0.05, 0.1) is 27.7 Å². The normalized spacial score (nSPS) is 12.0. The number of halogens is 1. The number of nitrogens with two attached hydrogens (primary N) is 1. The van der Waals surface area contributed by atoms with Gasteiger partial charge in [0.25, 0.3) is 5.56 Å². The highest BCUT2D eigenvalue weighted by atomic mass is 35.5. The van der Waals surface area contributed by atoms with Crippen molar-refractivity contribution in [1.82, 2.24) is 24.7 Å². The van der Waals surface area contributed by atoms with Crippen molar-refractivity contribution in [1.29, 1.82) is 5.26 Å². The van der Waals surface area contributed by atoms with Gasteiger partial charge in [-0.05, 0) is 37.3 Å². The molecule has 2 aromatic carbocycles. The van der Waals surface area contributed by atoms with Crippen LogP contribution in [0.3, 0.4) is 0 Å². The molecule has 13 nitrogen and oxygen atoms in total. The zero-order valence-corrected chi connectivity index (χ0v) is 24.4. The number of benzene rings is 2. The Hall–Kier alpha value is -5.48. The molecule has 0 saturated carbocycles. The average molecular weight is 599 g/mol. The van der Waals surface area contributed by atoms with Crippen molar-refractivity contribution in [2.24, 2.45) is 0 Å². The second-order valence-corrected chi connectivity index (χ2v) is 11.1. The second-order valence-electron chi connectivity index (χ2n) is 10.7. The highest BCUT2D eigenvalue weighted by Gasteiger charge is 2.23. The quantitative estimate of drug-likeness (QED) is 0.197. The topological polar surface area (TPSA) is 190 Å². The number of nitrogen functional groups attached to an aromatic ring is 1. The maximum Gasteiger partial charge on any atom is 0.324 e. The fourth-order valence-corrected chi connectivity index (χ4v) is 4.57. The van der Waals surface area contributed by atoms with Gasteiger partial charge in [0.15, 0.2) is 5.82 Å². The van der Waals surface area contributed by atoms with Crippen LogP contribution in [0.4, 0.5) is 27.9 Å². The van der Waals surface area contributed by atoms with E-state index >= 15 is 0 Å². The van der Waals surface area contributed by atoms with Gasteiger partial charge < -0.3 is 20.9 Å². The predicted octanol–water partition coefficient (Wildman–Crippen LogP) is 5.39. The van der Waals surface area contributed by atoms with Gasteiger partial charge in [-0.2, -0.15) is 5.26 Å². The zero-order chi connectivity index (χ0) is 30.9. The standard InChI is InChI=1S/C29H27ClN10O3/c1-15(35-25-18(13-31)24(32)33-14-34-25)26-37-20-10-6-9-19(30)23(20)27(41)40(26)17-8-5-7-16(11-17)36-28(42)38-22-12-21(43-39-22)29(2,3)4/h5-12,14-15H,1-4H3,(H3,32,33,34,35)(H2,36,38,39,42)/t15-/m0/s1. The lowest BCUT2D eigenvalue weighted by Gasteiger charge is -2.21. The van der Waals surface area contributed by atoms with Crippen LogP contribution in [-0.4, -0.2) is 30.7 Å². The number of anilines is 4. The molecule has 1 atom stereocenters. The molecule has 0 saturated heterocycles. The van der Waals surface area contributed by atoms with Crippen LogP contribution in [0, 0.1) is 11.3 Å². The summed E-state index contributed by atoms with van der Waals surface area (Å²) in [4.78, 5) is 39.5. The van der Waals surface area contributed by atoms with E-state index in [0.717, 1.165) is 0 Å². The molecule has 5 rings (SSSR count). The number of urea groups is 1. The van der Waals surface area contributed by atoms with Crippen LogP contribution in [0.15, 0.2) is 64.2 Å². The molecule has 5 aromatic rings. The second kappa shape index (κ2) is 11.4. The van der Waals surface area contributed by atoms with E-state index in [0.29, 0.717) is 28.5 Å². The first-order valence-corrected chi connectivity index (χ1v) is 13.5. The first-order valence-electron chi connectivity index (χ1n) is 13.1. The summed E-state index contributed by atoms with van der Waals surface area (Å²) in [6.07, 6.45) is 1.23. The third-order valence-corrected chi connectivity index (χ3v) is 6.77. The number of carbonyl (C=O) groups excluding carboxylic acids is 1. The molecule has 43 heavy (non-hydrogen) atoms. The molecular weight excluding hydrogens is 572 g/mol. The average Bonchev–Trinajstić information content (AvgIpc) is 3.42. The van der Waals surface area contributed by atoms with Crippen LogP contribution in [0.5, 0.6) is 0 Å². The number of hydrogen-bond acceptors (Lipinski definition) is 10. The van der Waals surface area contributed by atoms with Crippen LogP contribution in [0.1, 0.15) is 50.9 Å². The van der Waals surface area contributed by atoms with Crippen molar-refractivity contribution in [3.8, 4) is 11.8 Å². The molecule has 0 radical (unpaired) electrons. The number of fused-ring (bicyclic) bond motifs is 1. The Morgan fingerprint density at radius 3 is 2.63 bits per heavy atom. The first kappa shape index (κ1) is 29.0. The number of nitrogens with one attached hydrogen (secondary N) is 3. The molecule has 0 spiro atoms. The smallest absolute Gasteiger partial charge is 0.324 e. The molecule has 0 aliphatic rings. The molecule has 0 unspecified atom stereocenters. The number of amides is 2. The van der Waals surface area contributed by atoms with Crippen molar-refractivity contribution in [2.75, 3.05) is 21.7 Å². The van der Waals surface area contributed by atoms with E-state index in [9.17, 15) is 14.9 Å². The van der Waals surface area contributed by atoms with Crippen molar-refractivity contribution in [2.45, 2.75) is 39.2 Å². The van der Waals surface area contributed by atoms with E-state index in [4.69, 9.17) is 26.8 Å². The lowest BCUT2D eigenvalue weighted by Crippen LogP contribution is -2.28. The van der Waals surface area contributed by atoms with E-state index in [1.807, 2.05) is 26.8 Å². The summed E-state index contributed by atoms with van der Waals surface area (Å²) >= 11 is 6.43. The van der Waals surface area contributed by atoms with Crippen molar-refractivity contribution in [3.05, 3.63) is 87.4 Å². The van der Waals surface area contributed by atoms with E-state index in [1.54, 1.807) is 55.5 Å². The Morgan fingerprint density at radius 1 is 1.14 bits per heavy atom. The molecule has 0 aliphatic heterocycles. The molecular formula is C29H27ClN10O3. The Balaban J connectivity index is 1.52. The van der Waals surface area contributed by atoms with Gasteiger partial charge in [0.2, 0.25) is 0 Å². The molecule has 0 aliphatic carbocycles. The van der Waals surface area contributed by atoms with Crippen LogP contribution < -0.4 is 27.2 Å². The van der Waals surface area contributed by atoms with Gasteiger partial charge in [0.1, 0.15) is 41.2 Å². The van der Waals surface area contributed by atoms with Crippen molar-refractivity contribution >= 4 is 51.7 Å². The summed E-state index contributed by atoms with van der Waals surface area (Å²) in [5.41, 5.74) is 6.39. The number of hydrogen-bond donors (Lipinski definition) is 4. The first-order chi connectivity index (χ1) is 20.5. The summed E-state index contributed by atoms with van der Waals surface area (Å²) in [6.45, 7) is 7.66. The van der Waals surface area contributed by atoms with Gasteiger partial charge in [-0.15, -0.1) is 0 Å². The van der Waals surface area contributed by atoms with Gasteiger partial charge >= 0.3 is 6.03 Å². The Morgan fingerprint density at radius 2 is 1.91 bits per heavy atom. The lowest BCUT2D eigenvalue weighted by atomic mass is 9.93. The van der Waals surface area contributed by atoms with E-state index in [-0.39, 0.29) is 38.8 Å². The van der Waals surface area contributed by atoms with Gasteiger partial charge in [-0.1, -0.05) is 49.7 Å². The summed E-state index contributed by atoms with van der Waals surface area (Å²) in [7, 11) is 0. The summed E-state index contributed by atoms with van der Waals surface area (Å²) in [5, 5.41) is 22.5. The molecule has 3 aromatic heterocycles. The summed E-state index contributed by atoms with van der Waals surface area (Å²) in [5.74, 6) is 1.37. The van der Waals surface area contributed by atoms with Gasteiger partial charge in [-0.25, -0.2) is 19.7 Å². The molecule has 218 valence electrons. The Labute approximate surface area is 250 Å². The number of carbonyl (C=O) groups is 1. The zero-order valence-electron chi connectivity index (χ0n) is 23.6. The highest BCUT2D eigenvalue weighted by molar-refractivity contribution is 6.35. The molecule has 0 bridgehead atoms. The number of nitrogens with zero attached hydrogens (tertiary/aromatic N) is 6. The van der Waals surface area contributed by atoms with Crippen LogP contribution in [0.2, 0.25) is 5.02 Å². The summed E-state index contributed by atoms with van der Waals surface area (Å²) < 4.78 is 6.72. The Kier molecular flexibility index (Phi) is 7.71. The SMILES string of the molecule is C[C@H](Nc1ncnc(N)c1C#N)c1nc2cccc(Cl)c2c(=O)n1-c1cccc(NC(=O)Nc2cc(C(C)(C)C)on2)c1. The maximum atomic E-state index is 14.0. The minimum Gasteiger partial charge on any atom is -0.382 e. The van der Waals surface area contributed by atoms with Crippen molar-refractivity contribution < 1.29 is 9.32 Å². The Bertz CT molecular complexity index is 1960. The molecule has 14 heteroatoms. The maximum absolute atomic E-state index is 14.0. The monoisotopic (exact) mass is 598 g/mol. The minimum atomic E-state index is -0.651. The summed E-state index contributed by atoms with van der Waals surface area (Å²) in [6, 6.07) is 14.1. The van der Waals surface area contributed by atoms with Crippen LogP contribution in [0.25, 0.3) is 16.6 Å². The lowest BCUT2D eigenvalue weighted by molar-refractivity contribution is 0.262. The molecule has 0 fully saturated rings. The third kappa shape index (κ3) is 5.95. The van der Waals surface area contributed by atoms with Gasteiger partial charge in [0, 0.05) is 17.2 Å². The minimum absolute atomic E-state index is 0.0140. The molecule has 5 N–H and O–H groups in total. The van der Waals surface area contributed by atoms with Crippen LogP contribution >= 0.6 is 11.6 Å². The number of nitriles is 1. The largest absolute Gasteiger partial charge is 0.382 e. The number of aromatic nitrogens is 5. The molecule has 3 heterocycles. The highest BCUT2D eigenvalue weighted by Crippen LogP contribution is 2.27. The predicted molar refractivity (Wildman–Crippen MR) is 163 cm³/mol. The van der Waals surface area contributed by atoms with Crippen molar-refractivity contribution in [3.63, 3.8) is 0 Å². The van der Waals surface area contributed by atoms with E-state index in [1.165, 1.54) is 10.9 Å². The van der Waals surface area contributed by atoms with Gasteiger partial charge in [-0.3, -0.25) is 14.7 Å². The van der Waals surface area contributed by atoms with Crippen LogP contribution in [-0.2, 0) is 5.41 Å². The molecule has 2 amide bonds. The fraction of sp³-hybridized carbons (Fsp3) is 0.207.